The third kappa shape index (κ3) is 6.77. The van der Waals surface area contributed by atoms with Gasteiger partial charge in [0.1, 0.15) is 11.5 Å². The van der Waals surface area contributed by atoms with Gasteiger partial charge in [0.25, 0.3) is 0 Å². The van der Waals surface area contributed by atoms with Crippen molar-refractivity contribution in [3.63, 3.8) is 0 Å². The van der Waals surface area contributed by atoms with E-state index in [-0.39, 0.29) is 5.97 Å². The third-order valence-electron chi connectivity index (χ3n) is 3.79. The Balaban J connectivity index is 1.89. The zero-order valence-corrected chi connectivity index (χ0v) is 16.1. The maximum Gasteiger partial charge on any atom is 0.343 e. The highest BCUT2D eigenvalue weighted by Crippen LogP contribution is 2.17. The van der Waals surface area contributed by atoms with E-state index in [0.717, 1.165) is 18.6 Å². The molecule has 0 saturated carbocycles. The second-order valence-electron chi connectivity index (χ2n) is 6.61. The van der Waals surface area contributed by atoms with Crippen LogP contribution in [0.5, 0.6) is 11.5 Å². The first-order valence-electron chi connectivity index (χ1n) is 9.21. The second kappa shape index (κ2) is 10.4. The van der Waals surface area contributed by atoms with E-state index in [0.29, 0.717) is 36.0 Å². The topological polar surface area (TPSA) is 61.8 Å². The number of benzene rings is 2. The predicted octanol–water partition coefficient (Wildman–Crippen LogP) is 4.90. The minimum absolute atomic E-state index is 0.365. The fourth-order valence-electron chi connectivity index (χ4n) is 2.20. The Labute approximate surface area is 160 Å². The molecular weight excluding hydrogens is 344 g/mol. The summed E-state index contributed by atoms with van der Waals surface area (Å²) in [5, 5.41) is 0. The Kier molecular flexibility index (Phi) is 7.86. The minimum atomic E-state index is -0.468. The molecule has 0 heterocycles. The van der Waals surface area contributed by atoms with Gasteiger partial charge in [-0.15, -0.1) is 0 Å². The molecule has 0 aliphatic heterocycles. The van der Waals surface area contributed by atoms with Gasteiger partial charge in [-0.3, -0.25) is 0 Å². The Bertz CT molecular complexity index is 732. The smallest absolute Gasteiger partial charge is 0.343 e. The molecule has 2 aromatic rings. The Morgan fingerprint density at radius 3 is 1.93 bits per heavy atom. The van der Waals surface area contributed by atoms with Crippen LogP contribution in [0.3, 0.4) is 0 Å². The monoisotopic (exact) mass is 370 g/mol. The van der Waals surface area contributed by atoms with Gasteiger partial charge in [0.05, 0.1) is 24.3 Å². The van der Waals surface area contributed by atoms with Crippen LogP contribution in [0.2, 0.25) is 0 Å². The minimum Gasteiger partial charge on any atom is -0.494 e. The van der Waals surface area contributed by atoms with Crippen LogP contribution in [0, 0.1) is 5.92 Å². The Hall–Kier alpha value is -2.82. The summed E-state index contributed by atoms with van der Waals surface area (Å²) in [5.74, 6) is 0.818. The van der Waals surface area contributed by atoms with Crippen LogP contribution in [0.4, 0.5) is 0 Å². The lowest BCUT2D eigenvalue weighted by Gasteiger charge is -2.09. The molecule has 0 radical (unpaired) electrons. The maximum atomic E-state index is 12.2. The summed E-state index contributed by atoms with van der Waals surface area (Å²) in [5.41, 5.74) is 0.851. The van der Waals surface area contributed by atoms with Crippen LogP contribution >= 0.6 is 0 Å². The molecule has 0 amide bonds. The van der Waals surface area contributed by atoms with Crippen LogP contribution < -0.4 is 9.47 Å². The largest absolute Gasteiger partial charge is 0.494 e. The average molecular weight is 370 g/mol. The van der Waals surface area contributed by atoms with Gasteiger partial charge in [0.15, 0.2) is 0 Å². The lowest BCUT2D eigenvalue weighted by atomic mass is 10.1. The molecule has 5 heteroatoms. The fourth-order valence-corrected chi connectivity index (χ4v) is 2.20. The molecule has 0 spiro atoms. The third-order valence-corrected chi connectivity index (χ3v) is 3.79. The molecule has 0 saturated heterocycles. The summed E-state index contributed by atoms with van der Waals surface area (Å²) in [6.07, 6.45) is 1.74. The molecule has 0 fully saturated rings. The second-order valence-corrected chi connectivity index (χ2v) is 6.61. The zero-order valence-electron chi connectivity index (χ0n) is 16.1. The van der Waals surface area contributed by atoms with Gasteiger partial charge in [-0.05, 0) is 67.3 Å². The summed E-state index contributed by atoms with van der Waals surface area (Å²) < 4.78 is 16.0. The van der Waals surface area contributed by atoms with Crippen molar-refractivity contribution >= 4 is 11.9 Å². The van der Waals surface area contributed by atoms with Gasteiger partial charge >= 0.3 is 11.9 Å². The molecule has 0 bridgehead atoms. The first-order valence-corrected chi connectivity index (χ1v) is 9.21. The summed E-state index contributed by atoms with van der Waals surface area (Å²) in [6.45, 7) is 7.24. The van der Waals surface area contributed by atoms with Crippen LogP contribution in [-0.4, -0.2) is 25.2 Å². The molecule has 0 aromatic heterocycles. The normalized spacial score (nSPS) is 10.5. The van der Waals surface area contributed by atoms with E-state index in [4.69, 9.17) is 14.2 Å². The Morgan fingerprint density at radius 1 is 0.815 bits per heavy atom. The highest BCUT2D eigenvalue weighted by molar-refractivity contribution is 5.92. The molecule has 0 atom stereocenters. The molecule has 2 rings (SSSR count). The first kappa shape index (κ1) is 20.5. The zero-order chi connectivity index (χ0) is 19.6. The summed E-state index contributed by atoms with van der Waals surface area (Å²) in [6, 6.07) is 13.1. The number of rotatable bonds is 9. The first-order chi connectivity index (χ1) is 13.0. The summed E-state index contributed by atoms with van der Waals surface area (Å²) in [4.78, 5) is 24.0. The standard InChI is InChI=1S/C22H26O5/c1-4-14-26-21(23)17-7-11-20(12-8-17)27-22(24)18-5-9-19(10-6-18)25-15-13-16(2)3/h5-12,16H,4,13-15H2,1-3H3. The molecule has 27 heavy (non-hydrogen) atoms. The van der Waals surface area contributed by atoms with Crippen molar-refractivity contribution in [2.75, 3.05) is 13.2 Å². The van der Waals surface area contributed by atoms with E-state index in [1.807, 2.05) is 6.92 Å². The van der Waals surface area contributed by atoms with Gasteiger partial charge < -0.3 is 14.2 Å². The van der Waals surface area contributed by atoms with Gasteiger partial charge in [-0.2, -0.15) is 0 Å². The van der Waals surface area contributed by atoms with E-state index < -0.39 is 5.97 Å². The van der Waals surface area contributed by atoms with Crippen molar-refractivity contribution in [1.82, 2.24) is 0 Å². The number of hydrogen-bond donors (Lipinski definition) is 0. The maximum absolute atomic E-state index is 12.2. The Morgan fingerprint density at radius 2 is 1.37 bits per heavy atom. The quantitative estimate of drug-likeness (QED) is 0.464. The van der Waals surface area contributed by atoms with Crippen molar-refractivity contribution < 1.29 is 23.8 Å². The lowest BCUT2D eigenvalue weighted by Crippen LogP contribution is -2.09. The van der Waals surface area contributed by atoms with Crippen molar-refractivity contribution in [3.05, 3.63) is 59.7 Å². The van der Waals surface area contributed by atoms with Gasteiger partial charge in [0.2, 0.25) is 0 Å². The number of carbonyl (C=O) groups is 2. The fraction of sp³-hybridized carbons (Fsp3) is 0.364. The number of carbonyl (C=O) groups excluding carboxylic acids is 2. The average Bonchev–Trinajstić information content (AvgIpc) is 2.67. The molecule has 0 unspecified atom stereocenters. The lowest BCUT2D eigenvalue weighted by molar-refractivity contribution is 0.0505. The molecule has 0 N–H and O–H groups in total. The predicted molar refractivity (Wildman–Crippen MR) is 103 cm³/mol. The van der Waals surface area contributed by atoms with Gasteiger partial charge in [-0.1, -0.05) is 20.8 Å². The number of esters is 2. The van der Waals surface area contributed by atoms with Crippen molar-refractivity contribution in [1.29, 1.82) is 0 Å². The summed E-state index contributed by atoms with van der Waals surface area (Å²) >= 11 is 0. The van der Waals surface area contributed by atoms with Crippen LogP contribution in [0.25, 0.3) is 0 Å². The molecule has 0 aliphatic carbocycles. The van der Waals surface area contributed by atoms with Gasteiger partial charge in [-0.25, -0.2) is 9.59 Å². The van der Waals surface area contributed by atoms with Crippen LogP contribution in [0.1, 0.15) is 54.3 Å². The van der Waals surface area contributed by atoms with E-state index in [1.54, 1.807) is 48.5 Å². The van der Waals surface area contributed by atoms with E-state index >= 15 is 0 Å². The number of ether oxygens (including phenoxy) is 3. The highest BCUT2D eigenvalue weighted by Gasteiger charge is 2.11. The highest BCUT2D eigenvalue weighted by atomic mass is 16.5. The van der Waals surface area contributed by atoms with E-state index in [2.05, 4.69) is 13.8 Å². The van der Waals surface area contributed by atoms with E-state index in [1.165, 1.54) is 0 Å². The van der Waals surface area contributed by atoms with Crippen molar-refractivity contribution in [3.8, 4) is 11.5 Å². The molecular formula is C22H26O5. The van der Waals surface area contributed by atoms with Crippen LogP contribution in [-0.2, 0) is 4.74 Å². The molecule has 2 aromatic carbocycles. The number of hydrogen-bond acceptors (Lipinski definition) is 5. The SMILES string of the molecule is CCCOC(=O)c1ccc(OC(=O)c2ccc(OCCC(C)C)cc2)cc1. The van der Waals surface area contributed by atoms with Gasteiger partial charge in [0, 0.05) is 0 Å². The van der Waals surface area contributed by atoms with Crippen molar-refractivity contribution in [2.45, 2.75) is 33.6 Å². The van der Waals surface area contributed by atoms with E-state index in [9.17, 15) is 9.59 Å². The summed E-state index contributed by atoms with van der Waals surface area (Å²) in [7, 11) is 0. The molecule has 144 valence electrons. The molecule has 0 aliphatic rings. The van der Waals surface area contributed by atoms with Crippen LogP contribution in [0.15, 0.2) is 48.5 Å². The molecule has 5 nitrogen and oxygen atoms in total. The van der Waals surface area contributed by atoms with Crippen molar-refractivity contribution in [2.24, 2.45) is 5.92 Å².